The van der Waals surface area contributed by atoms with Crippen LogP contribution in [0.2, 0.25) is 0 Å². The van der Waals surface area contributed by atoms with Crippen molar-refractivity contribution in [3.05, 3.63) is 0 Å². The first-order chi connectivity index (χ1) is 6.47. The van der Waals surface area contributed by atoms with Crippen LogP contribution in [0, 0.1) is 5.92 Å². The number of amides is 1. The minimum atomic E-state index is -0.685. The molecule has 0 aromatic rings. The van der Waals surface area contributed by atoms with Gasteiger partial charge in [-0.3, -0.25) is 4.79 Å². The molecule has 1 aliphatic rings. The largest absolute Gasteiger partial charge is 0.388 e. The van der Waals surface area contributed by atoms with Crippen molar-refractivity contribution in [1.82, 2.24) is 4.90 Å². The van der Waals surface area contributed by atoms with Gasteiger partial charge in [-0.15, -0.1) is 11.6 Å². The summed E-state index contributed by atoms with van der Waals surface area (Å²) < 4.78 is 0. The fourth-order valence-electron chi connectivity index (χ4n) is 2.14. The van der Waals surface area contributed by atoms with E-state index in [0.717, 1.165) is 19.3 Å². The predicted octanol–water partition coefficient (Wildman–Crippen LogP) is 1.23. The Labute approximate surface area is 90.0 Å². The maximum atomic E-state index is 11.2. The van der Waals surface area contributed by atoms with Crippen LogP contribution in [-0.2, 0) is 4.79 Å². The van der Waals surface area contributed by atoms with Gasteiger partial charge in [0.1, 0.15) is 5.88 Å². The van der Waals surface area contributed by atoms with E-state index in [-0.39, 0.29) is 11.8 Å². The third-order valence-electron chi connectivity index (χ3n) is 2.90. The van der Waals surface area contributed by atoms with E-state index in [1.165, 1.54) is 4.90 Å². The van der Waals surface area contributed by atoms with Crippen LogP contribution < -0.4 is 0 Å². The van der Waals surface area contributed by atoms with Gasteiger partial charge in [0.15, 0.2) is 0 Å². The number of hydrogen-bond acceptors (Lipinski definition) is 2. The molecule has 2 atom stereocenters. The first kappa shape index (κ1) is 11.8. The maximum Gasteiger partial charge on any atom is 0.237 e. The van der Waals surface area contributed by atoms with Crippen LogP contribution in [0.1, 0.15) is 26.2 Å². The third kappa shape index (κ3) is 2.85. The summed E-state index contributed by atoms with van der Waals surface area (Å²) in [5.41, 5.74) is -0.685. The average molecular weight is 220 g/mol. The van der Waals surface area contributed by atoms with Crippen LogP contribution >= 0.6 is 11.6 Å². The van der Waals surface area contributed by atoms with Crippen LogP contribution in [-0.4, -0.2) is 41.0 Å². The molecule has 0 bridgehead atoms. The summed E-state index contributed by atoms with van der Waals surface area (Å²) in [6.45, 7) is 2.53. The highest BCUT2D eigenvalue weighted by molar-refractivity contribution is 6.27. The molecule has 2 unspecified atom stereocenters. The van der Waals surface area contributed by atoms with E-state index in [1.807, 2.05) is 0 Å². The summed E-state index contributed by atoms with van der Waals surface area (Å²) in [4.78, 5) is 12.7. The lowest BCUT2D eigenvalue weighted by Gasteiger charge is -2.28. The fraction of sp³-hybridized carbons (Fsp3) is 0.900. The molecule has 0 radical (unpaired) electrons. The van der Waals surface area contributed by atoms with Crippen molar-refractivity contribution in [2.45, 2.75) is 31.8 Å². The molecular weight excluding hydrogens is 202 g/mol. The number of carbonyl (C=O) groups is 1. The summed E-state index contributed by atoms with van der Waals surface area (Å²) in [5.74, 6) is 0.418. The van der Waals surface area contributed by atoms with E-state index >= 15 is 0 Å². The Morgan fingerprint density at radius 2 is 2.36 bits per heavy atom. The van der Waals surface area contributed by atoms with Gasteiger partial charge in [0, 0.05) is 13.6 Å². The van der Waals surface area contributed by atoms with Crippen LogP contribution in [0.25, 0.3) is 0 Å². The number of aliphatic hydroxyl groups is 1. The first-order valence-electron chi connectivity index (χ1n) is 4.99. The topological polar surface area (TPSA) is 40.5 Å². The number of halogens is 1. The maximum absolute atomic E-state index is 11.2. The SMILES string of the molecule is CC1CCC(O)(CN(C)C(=O)CCl)C1. The summed E-state index contributed by atoms with van der Waals surface area (Å²) in [7, 11) is 1.69. The lowest BCUT2D eigenvalue weighted by molar-refractivity contribution is -0.130. The van der Waals surface area contributed by atoms with Crippen LogP contribution in [0.5, 0.6) is 0 Å². The van der Waals surface area contributed by atoms with Gasteiger partial charge >= 0.3 is 0 Å². The summed E-state index contributed by atoms with van der Waals surface area (Å²) >= 11 is 5.43. The van der Waals surface area contributed by atoms with Gasteiger partial charge < -0.3 is 10.0 Å². The van der Waals surface area contributed by atoms with Gasteiger partial charge in [-0.05, 0) is 25.2 Å². The molecule has 0 aliphatic heterocycles. The Morgan fingerprint density at radius 3 is 2.79 bits per heavy atom. The lowest BCUT2D eigenvalue weighted by Crippen LogP contribution is -2.42. The highest BCUT2D eigenvalue weighted by atomic mass is 35.5. The van der Waals surface area contributed by atoms with Crippen molar-refractivity contribution < 1.29 is 9.90 Å². The number of carbonyl (C=O) groups excluding carboxylic acids is 1. The van der Waals surface area contributed by atoms with Crippen molar-refractivity contribution in [2.75, 3.05) is 19.5 Å². The molecule has 14 heavy (non-hydrogen) atoms. The molecule has 1 N–H and O–H groups in total. The van der Waals surface area contributed by atoms with Crippen LogP contribution in [0.15, 0.2) is 0 Å². The molecule has 0 spiro atoms. The van der Waals surface area contributed by atoms with E-state index < -0.39 is 5.60 Å². The molecule has 0 heterocycles. The number of hydrogen-bond donors (Lipinski definition) is 1. The van der Waals surface area contributed by atoms with Gasteiger partial charge in [0.2, 0.25) is 5.91 Å². The molecule has 1 rings (SSSR count). The van der Waals surface area contributed by atoms with E-state index in [2.05, 4.69) is 6.92 Å². The molecule has 4 heteroatoms. The Morgan fingerprint density at radius 1 is 1.71 bits per heavy atom. The van der Waals surface area contributed by atoms with Gasteiger partial charge in [0.25, 0.3) is 0 Å². The zero-order chi connectivity index (χ0) is 10.8. The second-order valence-electron chi connectivity index (χ2n) is 4.46. The monoisotopic (exact) mass is 219 g/mol. The third-order valence-corrected chi connectivity index (χ3v) is 3.13. The predicted molar refractivity (Wildman–Crippen MR) is 56.3 cm³/mol. The molecule has 82 valence electrons. The van der Waals surface area contributed by atoms with Crippen LogP contribution in [0.4, 0.5) is 0 Å². The first-order valence-corrected chi connectivity index (χ1v) is 5.52. The number of nitrogens with zero attached hydrogens (tertiary/aromatic N) is 1. The van der Waals surface area contributed by atoms with E-state index in [0.29, 0.717) is 12.5 Å². The van der Waals surface area contributed by atoms with Gasteiger partial charge in [0.05, 0.1) is 5.60 Å². The quantitative estimate of drug-likeness (QED) is 0.726. The number of likely N-dealkylation sites (N-methyl/N-ethyl adjacent to an activating group) is 1. The lowest BCUT2D eigenvalue weighted by atomic mass is 10.0. The van der Waals surface area contributed by atoms with Crippen molar-refractivity contribution in [3.8, 4) is 0 Å². The van der Waals surface area contributed by atoms with Gasteiger partial charge in [-0.2, -0.15) is 0 Å². The number of alkyl halides is 1. The average Bonchev–Trinajstić information content (AvgIpc) is 2.44. The van der Waals surface area contributed by atoms with Gasteiger partial charge in [-0.1, -0.05) is 6.92 Å². The highest BCUT2D eigenvalue weighted by Gasteiger charge is 2.36. The van der Waals surface area contributed by atoms with Crippen molar-refractivity contribution in [1.29, 1.82) is 0 Å². The fourth-order valence-corrected chi connectivity index (χ4v) is 2.35. The molecule has 1 amide bonds. The summed E-state index contributed by atoms with van der Waals surface area (Å²) in [6, 6.07) is 0. The molecule has 1 fully saturated rings. The molecule has 3 nitrogen and oxygen atoms in total. The van der Waals surface area contributed by atoms with Crippen molar-refractivity contribution >= 4 is 17.5 Å². The molecule has 0 aromatic heterocycles. The normalized spacial score (nSPS) is 31.9. The summed E-state index contributed by atoms with van der Waals surface area (Å²) in [6.07, 6.45) is 2.61. The Bertz CT molecular complexity index is 222. The zero-order valence-corrected chi connectivity index (χ0v) is 9.55. The Kier molecular flexibility index (Phi) is 3.78. The van der Waals surface area contributed by atoms with Crippen LogP contribution in [0.3, 0.4) is 0 Å². The molecular formula is C10H18ClNO2. The molecule has 1 aliphatic carbocycles. The van der Waals surface area contributed by atoms with Crippen molar-refractivity contribution in [2.24, 2.45) is 5.92 Å². The Hall–Kier alpha value is -0.280. The smallest absolute Gasteiger partial charge is 0.237 e. The van der Waals surface area contributed by atoms with Crippen molar-refractivity contribution in [3.63, 3.8) is 0 Å². The Balaban J connectivity index is 2.47. The highest BCUT2D eigenvalue weighted by Crippen LogP contribution is 2.34. The number of rotatable bonds is 3. The summed E-state index contributed by atoms with van der Waals surface area (Å²) in [5, 5.41) is 10.1. The minimum Gasteiger partial charge on any atom is -0.388 e. The molecule has 1 saturated carbocycles. The van der Waals surface area contributed by atoms with E-state index in [9.17, 15) is 9.90 Å². The van der Waals surface area contributed by atoms with Gasteiger partial charge in [-0.25, -0.2) is 0 Å². The minimum absolute atomic E-state index is 0.0118. The second-order valence-corrected chi connectivity index (χ2v) is 4.72. The molecule has 0 saturated heterocycles. The standard InChI is InChI=1S/C10H18ClNO2/c1-8-3-4-10(14,5-8)7-12(2)9(13)6-11/h8,14H,3-7H2,1-2H3. The van der Waals surface area contributed by atoms with E-state index in [4.69, 9.17) is 11.6 Å². The van der Waals surface area contributed by atoms with E-state index in [1.54, 1.807) is 7.05 Å². The molecule has 0 aromatic carbocycles. The second kappa shape index (κ2) is 4.49. The zero-order valence-electron chi connectivity index (χ0n) is 8.79.